The summed E-state index contributed by atoms with van der Waals surface area (Å²) in [5.41, 5.74) is 4.58. The Morgan fingerprint density at radius 1 is 1.00 bits per heavy atom. The molecule has 4 heterocycles. The Hall–Kier alpha value is -2.47. The molecule has 2 amide bonds. The molecule has 1 aromatic heterocycles. The minimum absolute atomic E-state index is 0.0929. The van der Waals surface area contributed by atoms with E-state index >= 15 is 0 Å². The molecule has 140 valence electrons. The number of anilines is 1. The fraction of sp³-hybridized carbons (Fsp3) is 0.476. The molecular weight excluding hydrogens is 342 g/mol. The van der Waals surface area contributed by atoms with Crippen LogP contribution >= 0.6 is 0 Å². The molecule has 3 saturated heterocycles. The minimum Gasteiger partial charge on any atom is -0.373 e. The van der Waals surface area contributed by atoms with Crippen LogP contribution in [0.4, 0.5) is 5.69 Å². The number of hydrogen-bond donors (Lipinski definition) is 0. The Kier molecular flexibility index (Phi) is 3.56. The maximum Gasteiger partial charge on any atom is 0.240 e. The Bertz CT molecular complexity index is 918. The van der Waals surface area contributed by atoms with E-state index in [-0.39, 0.29) is 35.9 Å². The molecule has 0 aliphatic carbocycles. The molecule has 4 atom stereocenters. The number of ether oxygens (including phenoxy) is 1. The van der Waals surface area contributed by atoms with E-state index in [1.165, 1.54) is 10.5 Å². The number of rotatable bonds is 3. The van der Waals surface area contributed by atoms with Gasteiger partial charge < -0.3 is 4.74 Å². The normalized spacial score (nSPS) is 29.1. The SMILES string of the molecule is Cc1ccc(Cn2nc(C)c(N3C(=O)C4C5CCC(O5)C4C3=O)c2C)cc1. The van der Waals surface area contributed by atoms with Crippen molar-refractivity contribution in [2.75, 3.05) is 4.90 Å². The predicted octanol–water partition coefficient (Wildman–Crippen LogP) is 2.52. The van der Waals surface area contributed by atoms with Crippen molar-refractivity contribution in [3.63, 3.8) is 0 Å². The zero-order chi connectivity index (χ0) is 18.9. The summed E-state index contributed by atoms with van der Waals surface area (Å²) >= 11 is 0. The second-order valence-corrected chi connectivity index (χ2v) is 8.02. The highest BCUT2D eigenvalue weighted by molar-refractivity contribution is 6.23. The summed E-state index contributed by atoms with van der Waals surface area (Å²) in [6.45, 7) is 6.48. The van der Waals surface area contributed by atoms with E-state index in [1.807, 2.05) is 18.5 Å². The molecule has 6 heteroatoms. The minimum atomic E-state index is -0.310. The molecule has 3 fully saturated rings. The van der Waals surface area contributed by atoms with E-state index in [4.69, 9.17) is 4.74 Å². The number of imide groups is 1. The fourth-order valence-electron chi connectivity index (χ4n) is 4.96. The van der Waals surface area contributed by atoms with Crippen LogP contribution in [0.3, 0.4) is 0 Å². The fourth-order valence-corrected chi connectivity index (χ4v) is 4.96. The molecule has 2 bridgehead atoms. The van der Waals surface area contributed by atoms with Gasteiger partial charge in [-0.3, -0.25) is 14.3 Å². The molecule has 3 aliphatic rings. The van der Waals surface area contributed by atoms with Crippen molar-refractivity contribution in [2.24, 2.45) is 11.8 Å². The third-order valence-electron chi connectivity index (χ3n) is 6.30. The second kappa shape index (κ2) is 5.76. The molecule has 6 nitrogen and oxygen atoms in total. The van der Waals surface area contributed by atoms with Crippen molar-refractivity contribution < 1.29 is 14.3 Å². The van der Waals surface area contributed by atoms with Gasteiger partial charge in [0.2, 0.25) is 11.8 Å². The van der Waals surface area contributed by atoms with Gasteiger partial charge in [-0.05, 0) is 39.2 Å². The number of fused-ring (bicyclic) bond motifs is 5. The van der Waals surface area contributed by atoms with Crippen LogP contribution in [0.5, 0.6) is 0 Å². The lowest BCUT2D eigenvalue weighted by molar-refractivity contribution is -0.124. The van der Waals surface area contributed by atoms with E-state index < -0.39 is 0 Å². The van der Waals surface area contributed by atoms with Crippen LogP contribution in [0.1, 0.15) is 35.4 Å². The largest absolute Gasteiger partial charge is 0.373 e. The van der Waals surface area contributed by atoms with Gasteiger partial charge in [-0.2, -0.15) is 5.10 Å². The standard InChI is InChI=1S/C21H23N3O3/c1-11-4-6-14(7-5-11)10-23-13(3)19(12(2)22-23)24-20(25)17-15-8-9-16(27-15)18(17)21(24)26/h4-7,15-18H,8-10H2,1-3H3. The molecule has 3 aliphatic heterocycles. The highest BCUT2D eigenvalue weighted by Gasteiger charge is 2.63. The van der Waals surface area contributed by atoms with Crippen LogP contribution in [-0.4, -0.2) is 33.8 Å². The Balaban J connectivity index is 1.49. The summed E-state index contributed by atoms with van der Waals surface area (Å²) in [5.74, 6) is -0.845. The Morgan fingerprint density at radius 2 is 1.59 bits per heavy atom. The number of hydrogen-bond acceptors (Lipinski definition) is 4. The van der Waals surface area contributed by atoms with Crippen LogP contribution < -0.4 is 4.90 Å². The number of aromatic nitrogens is 2. The van der Waals surface area contributed by atoms with Crippen LogP contribution in [0.15, 0.2) is 24.3 Å². The van der Waals surface area contributed by atoms with Crippen molar-refractivity contribution in [1.82, 2.24) is 9.78 Å². The predicted molar refractivity (Wildman–Crippen MR) is 99.4 cm³/mol. The van der Waals surface area contributed by atoms with Crippen LogP contribution in [0.25, 0.3) is 0 Å². The van der Waals surface area contributed by atoms with Crippen molar-refractivity contribution in [1.29, 1.82) is 0 Å². The maximum atomic E-state index is 13.1. The highest BCUT2D eigenvalue weighted by atomic mass is 16.5. The Morgan fingerprint density at radius 3 is 2.19 bits per heavy atom. The first-order valence-corrected chi connectivity index (χ1v) is 9.58. The van der Waals surface area contributed by atoms with Gasteiger partial charge in [0.25, 0.3) is 0 Å². The average molecular weight is 365 g/mol. The number of benzene rings is 1. The van der Waals surface area contributed by atoms with Crippen molar-refractivity contribution in [2.45, 2.75) is 52.4 Å². The molecule has 0 spiro atoms. The second-order valence-electron chi connectivity index (χ2n) is 8.02. The first-order chi connectivity index (χ1) is 13.0. The van der Waals surface area contributed by atoms with Crippen molar-refractivity contribution in [3.05, 3.63) is 46.8 Å². The third kappa shape index (κ3) is 2.32. The van der Waals surface area contributed by atoms with E-state index in [0.717, 1.165) is 29.8 Å². The topological polar surface area (TPSA) is 64.4 Å². The summed E-state index contributed by atoms with van der Waals surface area (Å²) in [5, 5.41) is 4.63. The monoisotopic (exact) mass is 365 g/mol. The maximum absolute atomic E-state index is 13.1. The number of aryl methyl sites for hydroxylation is 2. The number of carbonyl (C=O) groups excluding carboxylic acids is 2. The van der Waals surface area contributed by atoms with Gasteiger partial charge in [-0.25, -0.2) is 4.90 Å². The first-order valence-electron chi connectivity index (χ1n) is 9.58. The molecule has 2 aromatic rings. The van der Waals surface area contributed by atoms with Gasteiger partial charge in [-0.15, -0.1) is 0 Å². The zero-order valence-electron chi connectivity index (χ0n) is 15.8. The average Bonchev–Trinajstić information content (AvgIpc) is 3.37. The lowest BCUT2D eigenvalue weighted by atomic mass is 9.81. The van der Waals surface area contributed by atoms with Gasteiger partial charge in [0.15, 0.2) is 0 Å². The molecule has 5 rings (SSSR count). The molecule has 4 unspecified atom stereocenters. The number of nitrogens with zero attached hydrogens (tertiary/aromatic N) is 3. The lowest BCUT2D eigenvalue weighted by Gasteiger charge is -2.18. The van der Waals surface area contributed by atoms with Crippen molar-refractivity contribution in [3.8, 4) is 0 Å². The van der Waals surface area contributed by atoms with Crippen LogP contribution in [0.2, 0.25) is 0 Å². The van der Waals surface area contributed by atoms with E-state index in [2.05, 4.69) is 36.3 Å². The smallest absolute Gasteiger partial charge is 0.240 e. The van der Waals surface area contributed by atoms with Gasteiger partial charge in [0.05, 0.1) is 47.7 Å². The number of amides is 2. The van der Waals surface area contributed by atoms with Gasteiger partial charge >= 0.3 is 0 Å². The van der Waals surface area contributed by atoms with Crippen LogP contribution in [-0.2, 0) is 20.9 Å². The quantitative estimate of drug-likeness (QED) is 0.784. The summed E-state index contributed by atoms with van der Waals surface area (Å²) in [4.78, 5) is 27.6. The summed E-state index contributed by atoms with van der Waals surface area (Å²) in [6, 6.07) is 8.31. The summed E-state index contributed by atoms with van der Waals surface area (Å²) < 4.78 is 7.71. The van der Waals surface area contributed by atoms with Gasteiger partial charge in [0.1, 0.15) is 0 Å². The molecule has 0 N–H and O–H groups in total. The number of carbonyl (C=O) groups is 2. The highest BCUT2D eigenvalue weighted by Crippen LogP contribution is 2.50. The van der Waals surface area contributed by atoms with Gasteiger partial charge in [-0.1, -0.05) is 29.8 Å². The van der Waals surface area contributed by atoms with E-state index in [1.54, 1.807) is 0 Å². The third-order valence-corrected chi connectivity index (χ3v) is 6.30. The van der Waals surface area contributed by atoms with Crippen molar-refractivity contribution >= 4 is 17.5 Å². The molecular formula is C21H23N3O3. The summed E-state index contributed by atoms with van der Waals surface area (Å²) in [7, 11) is 0. The Labute approximate surface area is 158 Å². The molecule has 27 heavy (non-hydrogen) atoms. The molecule has 0 radical (unpaired) electrons. The first kappa shape index (κ1) is 16.7. The lowest BCUT2D eigenvalue weighted by Crippen LogP contribution is -2.35. The summed E-state index contributed by atoms with van der Waals surface area (Å²) in [6.07, 6.45) is 1.57. The van der Waals surface area contributed by atoms with Crippen LogP contribution in [0, 0.1) is 32.6 Å². The van der Waals surface area contributed by atoms with Gasteiger partial charge in [0, 0.05) is 0 Å². The zero-order valence-corrected chi connectivity index (χ0v) is 15.8. The molecule has 0 saturated carbocycles. The van der Waals surface area contributed by atoms with E-state index in [9.17, 15) is 9.59 Å². The molecule has 1 aromatic carbocycles. The van der Waals surface area contributed by atoms with E-state index in [0.29, 0.717) is 12.2 Å².